The number of ketones is 1. The maximum absolute atomic E-state index is 13.7. The van der Waals surface area contributed by atoms with Crippen molar-refractivity contribution in [3.8, 4) is 0 Å². The molecule has 2 aliphatic rings. The first-order valence-electron chi connectivity index (χ1n) is 14.6. The highest BCUT2D eigenvalue weighted by molar-refractivity contribution is 6.05. The van der Waals surface area contributed by atoms with E-state index >= 15 is 0 Å². The van der Waals surface area contributed by atoms with Crippen molar-refractivity contribution in [2.75, 3.05) is 23.3 Å². The van der Waals surface area contributed by atoms with E-state index in [4.69, 9.17) is 0 Å². The highest BCUT2D eigenvalue weighted by Gasteiger charge is 2.36. The minimum absolute atomic E-state index is 0.0290. The molecule has 4 rings (SSSR count). The van der Waals surface area contributed by atoms with Crippen LogP contribution in [0.4, 0.5) is 11.4 Å². The second kappa shape index (κ2) is 10.9. The van der Waals surface area contributed by atoms with Gasteiger partial charge in [-0.15, -0.1) is 0 Å². The molecule has 0 bridgehead atoms. The lowest BCUT2D eigenvalue weighted by Gasteiger charge is -2.43. The molecule has 0 spiro atoms. The fourth-order valence-electron chi connectivity index (χ4n) is 5.55. The molecule has 0 aromatic heterocycles. The molecule has 0 saturated heterocycles. The fourth-order valence-corrected chi connectivity index (χ4v) is 5.55. The summed E-state index contributed by atoms with van der Waals surface area (Å²) in [5.41, 5.74) is 6.23. The Labute approximate surface area is 241 Å². The zero-order chi connectivity index (χ0) is 29.5. The van der Waals surface area contributed by atoms with Crippen molar-refractivity contribution in [3.05, 3.63) is 82.7 Å². The summed E-state index contributed by atoms with van der Waals surface area (Å²) >= 11 is 0. The van der Waals surface area contributed by atoms with Gasteiger partial charge in [-0.25, -0.2) is 0 Å². The molecule has 0 radical (unpaired) electrons. The number of hydrogen-bond acceptors (Lipinski definition) is 4. The van der Waals surface area contributed by atoms with Crippen molar-refractivity contribution in [2.45, 2.75) is 87.1 Å². The molecule has 214 valence electrons. The Morgan fingerprint density at radius 1 is 0.850 bits per heavy atom. The van der Waals surface area contributed by atoms with E-state index in [1.54, 1.807) is 0 Å². The van der Waals surface area contributed by atoms with Crippen LogP contribution in [0, 0.1) is 24.7 Å². The number of nitrogens with one attached hydrogen (secondary N) is 1. The number of rotatable bonds is 6. The van der Waals surface area contributed by atoms with Crippen molar-refractivity contribution in [1.82, 2.24) is 4.90 Å². The van der Waals surface area contributed by atoms with Gasteiger partial charge in [0.15, 0.2) is 5.78 Å². The Balaban J connectivity index is 1.55. The lowest BCUT2D eigenvalue weighted by molar-refractivity contribution is -0.116. The molecule has 2 heterocycles. The molecular weight excluding hydrogens is 494 g/mol. The average Bonchev–Trinajstić information content (AvgIpc) is 2.85. The number of anilines is 2. The average molecular weight is 542 g/mol. The molecule has 0 fully saturated rings. The molecule has 5 nitrogen and oxygen atoms in total. The van der Waals surface area contributed by atoms with Gasteiger partial charge < -0.3 is 15.1 Å². The van der Waals surface area contributed by atoms with Crippen LogP contribution < -0.4 is 10.2 Å². The van der Waals surface area contributed by atoms with Crippen molar-refractivity contribution >= 4 is 23.1 Å². The summed E-state index contributed by atoms with van der Waals surface area (Å²) in [6.07, 6.45) is 6.23. The van der Waals surface area contributed by atoms with E-state index < -0.39 is 0 Å². The molecule has 5 heteroatoms. The predicted molar refractivity (Wildman–Crippen MR) is 166 cm³/mol. The van der Waals surface area contributed by atoms with Crippen LogP contribution >= 0.6 is 0 Å². The fraction of sp³-hybridized carbons (Fsp3) is 0.486. The van der Waals surface area contributed by atoms with Gasteiger partial charge in [-0.05, 0) is 93.7 Å². The van der Waals surface area contributed by atoms with Crippen LogP contribution in [0.3, 0.4) is 0 Å². The van der Waals surface area contributed by atoms with Crippen molar-refractivity contribution in [3.63, 3.8) is 0 Å². The van der Waals surface area contributed by atoms with E-state index in [0.29, 0.717) is 6.42 Å². The first kappa shape index (κ1) is 29.6. The first-order valence-corrected chi connectivity index (χ1v) is 14.6. The number of benzene rings is 2. The Kier molecular flexibility index (Phi) is 8.08. The summed E-state index contributed by atoms with van der Waals surface area (Å²) < 4.78 is 0. The molecule has 40 heavy (non-hydrogen) atoms. The molecule has 2 aliphatic heterocycles. The SMILES string of the molecule is Cc1ccc(N2C=C(C(=O)Nc3ccc(C)c(CC(=O)C4=CN(C(C)(C)C)CCC4(C)C)c3)C(C)(C)CC2)cc1. The number of hydrogen-bond donors (Lipinski definition) is 1. The number of allylic oxidation sites excluding steroid dienone is 1. The molecule has 0 saturated carbocycles. The third kappa shape index (κ3) is 6.51. The quantitative estimate of drug-likeness (QED) is 0.409. The van der Waals surface area contributed by atoms with Gasteiger partial charge in [0.2, 0.25) is 0 Å². The maximum Gasteiger partial charge on any atom is 0.253 e. The van der Waals surface area contributed by atoms with Gasteiger partial charge in [0.05, 0.1) is 0 Å². The summed E-state index contributed by atoms with van der Waals surface area (Å²) in [7, 11) is 0. The van der Waals surface area contributed by atoms with E-state index in [1.807, 2.05) is 31.3 Å². The molecule has 0 unspecified atom stereocenters. The summed E-state index contributed by atoms with van der Waals surface area (Å²) in [5, 5.41) is 3.14. The van der Waals surface area contributed by atoms with E-state index in [1.165, 1.54) is 5.56 Å². The van der Waals surface area contributed by atoms with E-state index in [-0.39, 0.29) is 28.1 Å². The van der Waals surface area contributed by atoms with Gasteiger partial charge in [0.25, 0.3) is 5.91 Å². The van der Waals surface area contributed by atoms with Crippen LogP contribution in [0.15, 0.2) is 66.0 Å². The highest BCUT2D eigenvalue weighted by atomic mass is 16.1. The highest BCUT2D eigenvalue weighted by Crippen LogP contribution is 2.39. The van der Waals surface area contributed by atoms with E-state index in [2.05, 4.69) is 101 Å². The molecular formula is C35H47N3O2. The largest absolute Gasteiger partial charge is 0.372 e. The number of nitrogens with zero attached hydrogens (tertiary/aromatic N) is 2. The van der Waals surface area contributed by atoms with Crippen LogP contribution in [0.25, 0.3) is 0 Å². The number of Topliss-reactive ketones (excluding diaryl/α,β-unsaturated/α-hetero) is 1. The van der Waals surface area contributed by atoms with Gasteiger partial charge >= 0.3 is 0 Å². The predicted octanol–water partition coefficient (Wildman–Crippen LogP) is 7.59. The normalized spacial score (nSPS) is 18.6. The number of carbonyl (C=O) groups excluding carboxylic acids is 2. The molecule has 0 aliphatic carbocycles. The molecule has 0 atom stereocenters. The third-order valence-electron chi connectivity index (χ3n) is 8.71. The minimum atomic E-state index is -0.243. The topological polar surface area (TPSA) is 52.7 Å². The Morgan fingerprint density at radius 2 is 1.48 bits per heavy atom. The first-order chi connectivity index (χ1) is 18.6. The van der Waals surface area contributed by atoms with Gasteiger partial charge in [-0.2, -0.15) is 0 Å². The number of carbonyl (C=O) groups is 2. The third-order valence-corrected chi connectivity index (χ3v) is 8.71. The molecule has 1 amide bonds. The Hall–Kier alpha value is -3.34. The van der Waals surface area contributed by atoms with Crippen LogP contribution in [0.2, 0.25) is 0 Å². The van der Waals surface area contributed by atoms with Crippen molar-refractivity contribution < 1.29 is 9.59 Å². The Bertz CT molecular complexity index is 1340. The van der Waals surface area contributed by atoms with E-state index in [9.17, 15) is 9.59 Å². The molecule has 1 N–H and O–H groups in total. The standard InChI is InChI=1S/C35H47N3O2/c1-24-10-14-28(15-11-24)37-18-16-35(8,9)30(22-37)32(40)36-27-13-12-25(2)26(20-27)21-31(39)29-23-38(33(3,4)5)19-17-34(29,6)7/h10-15,20,22-23H,16-19,21H2,1-9H3,(H,36,40). The summed E-state index contributed by atoms with van der Waals surface area (Å²) in [4.78, 5) is 31.7. The second-order valence-corrected chi connectivity index (χ2v) is 13.9. The number of amides is 1. The van der Waals surface area contributed by atoms with Crippen molar-refractivity contribution in [2.24, 2.45) is 10.8 Å². The van der Waals surface area contributed by atoms with Gasteiger partial charge in [0, 0.05) is 60.0 Å². The van der Waals surface area contributed by atoms with Gasteiger partial charge in [-0.1, -0.05) is 51.5 Å². The lowest BCUT2D eigenvalue weighted by Crippen LogP contribution is -2.44. The van der Waals surface area contributed by atoms with Gasteiger partial charge in [0.1, 0.15) is 0 Å². The molecule has 2 aromatic rings. The van der Waals surface area contributed by atoms with Crippen LogP contribution in [0.5, 0.6) is 0 Å². The Morgan fingerprint density at radius 3 is 2.12 bits per heavy atom. The molecule has 2 aromatic carbocycles. The summed E-state index contributed by atoms with van der Waals surface area (Å²) in [6.45, 7) is 21.1. The summed E-state index contributed by atoms with van der Waals surface area (Å²) in [5.74, 6) is 0.0512. The van der Waals surface area contributed by atoms with Crippen LogP contribution in [-0.2, 0) is 16.0 Å². The van der Waals surface area contributed by atoms with Crippen LogP contribution in [0.1, 0.15) is 78.0 Å². The van der Waals surface area contributed by atoms with Crippen molar-refractivity contribution in [1.29, 1.82) is 0 Å². The lowest BCUT2D eigenvalue weighted by atomic mass is 9.75. The van der Waals surface area contributed by atoms with Crippen LogP contribution in [-0.4, -0.2) is 35.2 Å². The monoisotopic (exact) mass is 541 g/mol. The van der Waals surface area contributed by atoms with Gasteiger partial charge in [-0.3, -0.25) is 9.59 Å². The summed E-state index contributed by atoms with van der Waals surface area (Å²) in [6, 6.07) is 14.3. The second-order valence-electron chi connectivity index (χ2n) is 13.9. The number of aryl methyl sites for hydroxylation is 2. The zero-order valence-electron chi connectivity index (χ0n) is 25.9. The zero-order valence-corrected chi connectivity index (χ0v) is 25.9. The maximum atomic E-state index is 13.7. The van der Waals surface area contributed by atoms with E-state index in [0.717, 1.165) is 59.6 Å². The minimum Gasteiger partial charge on any atom is -0.372 e. The smallest absolute Gasteiger partial charge is 0.253 e.